The molecule has 0 aromatic carbocycles. The summed E-state index contributed by atoms with van der Waals surface area (Å²) >= 11 is 0. The fourth-order valence-corrected chi connectivity index (χ4v) is 3.34. The van der Waals surface area contributed by atoms with Gasteiger partial charge < -0.3 is 10.2 Å². The second kappa shape index (κ2) is 8.10. The minimum absolute atomic E-state index is 1.04. The summed E-state index contributed by atoms with van der Waals surface area (Å²) in [5.41, 5.74) is 0. The van der Waals surface area contributed by atoms with Crippen LogP contribution >= 0.6 is 0 Å². The van der Waals surface area contributed by atoms with Crippen molar-refractivity contribution in [2.24, 2.45) is 5.92 Å². The molecule has 0 atom stereocenters. The fraction of sp³-hybridized carbons (Fsp3) is 1.00. The zero-order chi connectivity index (χ0) is 11.8. The van der Waals surface area contributed by atoms with Gasteiger partial charge in [0.1, 0.15) is 0 Å². The molecule has 2 nitrogen and oxygen atoms in total. The largest absolute Gasteiger partial charge is 0.317 e. The lowest BCUT2D eigenvalue weighted by atomic mass is 9.87. The molecule has 0 amide bonds. The Morgan fingerprint density at radius 2 is 1.65 bits per heavy atom. The molecule has 2 heteroatoms. The van der Waals surface area contributed by atoms with E-state index in [2.05, 4.69) is 10.2 Å². The molecular weight excluding hydrogens is 208 g/mol. The summed E-state index contributed by atoms with van der Waals surface area (Å²) in [6.07, 6.45) is 13.1. The van der Waals surface area contributed by atoms with Crippen LogP contribution in [0, 0.1) is 5.92 Å². The molecule has 1 aliphatic carbocycles. The Labute approximate surface area is 107 Å². The zero-order valence-corrected chi connectivity index (χ0v) is 11.4. The van der Waals surface area contributed by atoms with Crippen LogP contribution in [-0.2, 0) is 0 Å². The normalized spacial score (nSPS) is 23.3. The molecule has 0 spiro atoms. The summed E-state index contributed by atoms with van der Waals surface area (Å²) in [7, 11) is 0. The number of hydrogen-bond acceptors (Lipinski definition) is 2. The Bertz CT molecular complexity index is 181. The third kappa shape index (κ3) is 5.39. The molecule has 1 saturated heterocycles. The van der Waals surface area contributed by atoms with E-state index < -0.39 is 0 Å². The second-order valence-electron chi connectivity index (χ2n) is 5.95. The summed E-state index contributed by atoms with van der Waals surface area (Å²) < 4.78 is 0. The van der Waals surface area contributed by atoms with Crippen LogP contribution < -0.4 is 5.32 Å². The van der Waals surface area contributed by atoms with Gasteiger partial charge in [-0.2, -0.15) is 0 Å². The van der Waals surface area contributed by atoms with E-state index in [1.165, 1.54) is 90.5 Å². The Hall–Kier alpha value is -0.0800. The number of nitrogens with zero attached hydrogens (tertiary/aromatic N) is 1. The van der Waals surface area contributed by atoms with Crippen molar-refractivity contribution in [1.82, 2.24) is 10.2 Å². The fourth-order valence-electron chi connectivity index (χ4n) is 3.34. The van der Waals surface area contributed by atoms with E-state index in [1.807, 2.05) is 0 Å². The van der Waals surface area contributed by atoms with E-state index in [1.54, 1.807) is 0 Å². The van der Waals surface area contributed by atoms with E-state index in [0.29, 0.717) is 0 Å². The highest BCUT2D eigenvalue weighted by Gasteiger charge is 2.12. The molecule has 1 saturated carbocycles. The van der Waals surface area contributed by atoms with Gasteiger partial charge in [0.05, 0.1) is 0 Å². The van der Waals surface area contributed by atoms with Crippen LogP contribution in [0.25, 0.3) is 0 Å². The smallest absolute Gasteiger partial charge is 0.000664 e. The minimum Gasteiger partial charge on any atom is -0.317 e. The van der Waals surface area contributed by atoms with Crippen molar-refractivity contribution in [2.45, 2.75) is 57.8 Å². The average molecular weight is 238 g/mol. The van der Waals surface area contributed by atoms with Crippen LogP contribution in [0.1, 0.15) is 57.8 Å². The van der Waals surface area contributed by atoms with E-state index in [9.17, 15) is 0 Å². The van der Waals surface area contributed by atoms with Crippen LogP contribution in [0.5, 0.6) is 0 Å². The minimum atomic E-state index is 1.04. The summed E-state index contributed by atoms with van der Waals surface area (Å²) in [6, 6.07) is 0. The maximum Gasteiger partial charge on any atom is -0.000664 e. The molecule has 2 aliphatic rings. The molecule has 1 N–H and O–H groups in total. The van der Waals surface area contributed by atoms with Crippen molar-refractivity contribution < 1.29 is 0 Å². The van der Waals surface area contributed by atoms with E-state index in [-0.39, 0.29) is 0 Å². The molecule has 2 rings (SSSR count). The lowest BCUT2D eigenvalue weighted by Gasteiger charge is -2.21. The topological polar surface area (TPSA) is 15.3 Å². The first-order valence-electron chi connectivity index (χ1n) is 7.88. The van der Waals surface area contributed by atoms with Gasteiger partial charge in [0.15, 0.2) is 0 Å². The van der Waals surface area contributed by atoms with Gasteiger partial charge in [-0.15, -0.1) is 0 Å². The van der Waals surface area contributed by atoms with Crippen molar-refractivity contribution in [2.75, 3.05) is 32.7 Å². The van der Waals surface area contributed by atoms with Crippen molar-refractivity contribution in [3.63, 3.8) is 0 Å². The Balaban J connectivity index is 1.38. The summed E-state index contributed by atoms with van der Waals surface area (Å²) in [6.45, 7) is 6.49. The van der Waals surface area contributed by atoms with Crippen LogP contribution in [0.4, 0.5) is 0 Å². The lowest BCUT2D eigenvalue weighted by molar-refractivity contribution is 0.320. The number of likely N-dealkylation sites (tertiary alicyclic amines) is 1. The number of rotatable bonds is 7. The van der Waals surface area contributed by atoms with Gasteiger partial charge in [-0.1, -0.05) is 32.1 Å². The van der Waals surface area contributed by atoms with Crippen molar-refractivity contribution in [1.29, 1.82) is 0 Å². The first-order valence-corrected chi connectivity index (χ1v) is 7.88. The predicted molar refractivity (Wildman–Crippen MR) is 74.4 cm³/mol. The zero-order valence-electron chi connectivity index (χ0n) is 11.4. The van der Waals surface area contributed by atoms with Gasteiger partial charge in [0.2, 0.25) is 0 Å². The molecule has 100 valence electrons. The molecule has 17 heavy (non-hydrogen) atoms. The molecule has 1 aliphatic heterocycles. The predicted octanol–water partition coefficient (Wildman–Crippen LogP) is 3.03. The molecule has 0 bridgehead atoms. The first-order chi connectivity index (χ1) is 8.45. The highest BCUT2D eigenvalue weighted by molar-refractivity contribution is 4.68. The van der Waals surface area contributed by atoms with Gasteiger partial charge in [0.25, 0.3) is 0 Å². The highest BCUT2D eigenvalue weighted by Crippen LogP contribution is 2.25. The molecule has 1 heterocycles. The SMILES string of the molecule is C1CCC(CCNCCCN2CCCC2)CC1. The maximum absolute atomic E-state index is 3.63. The average Bonchev–Trinajstić information content (AvgIpc) is 2.88. The van der Waals surface area contributed by atoms with E-state index in [4.69, 9.17) is 0 Å². The number of hydrogen-bond donors (Lipinski definition) is 1. The van der Waals surface area contributed by atoms with Gasteiger partial charge in [-0.05, 0) is 64.3 Å². The number of nitrogens with one attached hydrogen (secondary N) is 1. The molecule has 0 aromatic rings. The summed E-state index contributed by atoms with van der Waals surface area (Å²) in [4.78, 5) is 2.61. The highest BCUT2D eigenvalue weighted by atomic mass is 15.1. The van der Waals surface area contributed by atoms with Gasteiger partial charge in [-0.25, -0.2) is 0 Å². The molecule has 0 radical (unpaired) electrons. The first kappa shape index (κ1) is 13.4. The molecule has 2 fully saturated rings. The van der Waals surface area contributed by atoms with Crippen molar-refractivity contribution >= 4 is 0 Å². The van der Waals surface area contributed by atoms with Crippen LogP contribution in [0.15, 0.2) is 0 Å². The monoisotopic (exact) mass is 238 g/mol. The van der Waals surface area contributed by atoms with Gasteiger partial charge >= 0.3 is 0 Å². The quantitative estimate of drug-likeness (QED) is 0.686. The maximum atomic E-state index is 3.63. The van der Waals surface area contributed by atoms with Crippen LogP contribution in [0.3, 0.4) is 0 Å². The Morgan fingerprint density at radius 1 is 0.882 bits per heavy atom. The molecular formula is C15H30N2. The molecule has 0 aromatic heterocycles. The standard InChI is InChI=1S/C15H30N2/c1-2-7-15(8-3-1)9-11-16-10-6-14-17-12-4-5-13-17/h15-16H,1-14H2. The summed E-state index contributed by atoms with van der Waals surface area (Å²) in [5.74, 6) is 1.04. The Morgan fingerprint density at radius 3 is 2.41 bits per heavy atom. The van der Waals surface area contributed by atoms with Gasteiger partial charge in [-0.3, -0.25) is 0 Å². The van der Waals surface area contributed by atoms with E-state index in [0.717, 1.165) is 5.92 Å². The van der Waals surface area contributed by atoms with Crippen molar-refractivity contribution in [3.05, 3.63) is 0 Å². The lowest BCUT2D eigenvalue weighted by Crippen LogP contribution is -2.26. The third-order valence-electron chi connectivity index (χ3n) is 4.48. The van der Waals surface area contributed by atoms with Crippen molar-refractivity contribution in [3.8, 4) is 0 Å². The van der Waals surface area contributed by atoms with E-state index >= 15 is 0 Å². The molecule has 0 unspecified atom stereocenters. The third-order valence-corrected chi connectivity index (χ3v) is 4.48. The van der Waals surface area contributed by atoms with Crippen LogP contribution in [0.2, 0.25) is 0 Å². The van der Waals surface area contributed by atoms with Crippen LogP contribution in [-0.4, -0.2) is 37.6 Å². The Kier molecular flexibility index (Phi) is 6.36. The second-order valence-corrected chi connectivity index (χ2v) is 5.95. The summed E-state index contributed by atoms with van der Waals surface area (Å²) in [5, 5.41) is 3.63. The van der Waals surface area contributed by atoms with Gasteiger partial charge in [0, 0.05) is 0 Å².